The number of aliphatic hydroxyl groups is 1. The van der Waals surface area contributed by atoms with E-state index >= 15 is 0 Å². The molecule has 1 N–H and O–H groups in total. The van der Waals surface area contributed by atoms with E-state index in [9.17, 15) is 4.39 Å². The van der Waals surface area contributed by atoms with Gasteiger partial charge < -0.3 is 9.84 Å². The molecule has 5 heteroatoms. The van der Waals surface area contributed by atoms with Gasteiger partial charge in [-0.2, -0.15) is 0 Å². The number of aliphatic hydroxyl groups excluding tert-OH is 1. The van der Waals surface area contributed by atoms with Crippen LogP contribution in [0.25, 0.3) is 0 Å². The van der Waals surface area contributed by atoms with Gasteiger partial charge in [0, 0.05) is 16.2 Å². The number of halogens is 2. The van der Waals surface area contributed by atoms with Crippen molar-refractivity contribution in [2.24, 2.45) is 0 Å². The zero-order valence-corrected chi connectivity index (χ0v) is 11.0. The molecule has 1 heterocycles. The summed E-state index contributed by atoms with van der Waals surface area (Å²) in [6.45, 7) is -0.144. The summed E-state index contributed by atoms with van der Waals surface area (Å²) >= 11 is 3.33. The van der Waals surface area contributed by atoms with Crippen LogP contribution in [0.1, 0.15) is 11.1 Å². The van der Waals surface area contributed by atoms with Crippen LogP contribution in [-0.2, 0) is 13.2 Å². The van der Waals surface area contributed by atoms with Crippen molar-refractivity contribution in [3.8, 4) is 5.88 Å². The Labute approximate surface area is 112 Å². The number of ether oxygens (including phenoxy) is 1. The molecule has 94 valence electrons. The van der Waals surface area contributed by atoms with E-state index in [0.717, 1.165) is 10.0 Å². The number of aromatic nitrogens is 1. The molecular weight excluding hydrogens is 301 g/mol. The van der Waals surface area contributed by atoms with Gasteiger partial charge in [-0.15, -0.1) is 0 Å². The first-order chi connectivity index (χ1) is 8.70. The maximum absolute atomic E-state index is 13.7. The van der Waals surface area contributed by atoms with Gasteiger partial charge >= 0.3 is 0 Å². The molecule has 2 rings (SSSR count). The van der Waals surface area contributed by atoms with Crippen LogP contribution in [0.3, 0.4) is 0 Å². The fourth-order valence-electron chi connectivity index (χ4n) is 1.42. The third-order valence-corrected chi connectivity index (χ3v) is 2.93. The van der Waals surface area contributed by atoms with Gasteiger partial charge in [0.05, 0.1) is 6.61 Å². The quantitative estimate of drug-likeness (QED) is 0.943. The molecule has 0 radical (unpaired) electrons. The van der Waals surface area contributed by atoms with Crippen LogP contribution in [0.15, 0.2) is 41.0 Å². The van der Waals surface area contributed by atoms with Crippen LogP contribution in [-0.4, -0.2) is 10.1 Å². The van der Waals surface area contributed by atoms with E-state index < -0.39 is 5.82 Å². The van der Waals surface area contributed by atoms with Crippen molar-refractivity contribution in [3.05, 3.63) is 57.9 Å². The largest absolute Gasteiger partial charge is 0.471 e. The summed E-state index contributed by atoms with van der Waals surface area (Å²) < 4.78 is 19.9. The summed E-state index contributed by atoms with van der Waals surface area (Å²) in [4.78, 5) is 3.80. The Kier molecular flexibility index (Phi) is 4.28. The SMILES string of the molecule is OCc1ccnc(OCc2ccc(Br)cc2)c1F. The summed E-state index contributed by atoms with van der Waals surface area (Å²) in [6.07, 6.45) is 1.41. The second-order valence-electron chi connectivity index (χ2n) is 3.66. The van der Waals surface area contributed by atoms with E-state index in [0.29, 0.717) is 0 Å². The molecule has 0 amide bonds. The smallest absolute Gasteiger partial charge is 0.251 e. The number of pyridine rings is 1. The third kappa shape index (κ3) is 3.05. The van der Waals surface area contributed by atoms with Gasteiger partial charge in [-0.05, 0) is 23.8 Å². The molecule has 0 aliphatic heterocycles. The number of rotatable bonds is 4. The first-order valence-electron chi connectivity index (χ1n) is 5.32. The minimum atomic E-state index is -0.614. The van der Waals surface area contributed by atoms with Crippen LogP contribution in [0.2, 0.25) is 0 Å². The second-order valence-corrected chi connectivity index (χ2v) is 4.58. The van der Waals surface area contributed by atoms with Gasteiger partial charge in [-0.25, -0.2) is 9.37 Å². The minimum Gasteiger partial charge on any atom is -0.471 e. The first kappa shape index (κ1) is 13.0. The first-order valence-corrected chi connectivity index (χ1v) is 6.11. The van der Waals surface area contributed by atoms with Crippen LogP contribution in [0, 0.1) is 5.82 Å². The van der Waals surface area contributed by atoms with Crippen molar-refractivity contribution in [1.29, 1.82) is 0 Å². The molecular formula is C13H11BrFNO2. The van der Waals surface area contributed by atoms with E-state index in [-0.39, 0.29) is 24.7 Å². The zero-order valence-electron chi connectivity index (χ0n) is 9.44. The Morgan fingerprint density at radius 3 is 2.61 bits per heavy atom. The molecule has 18 heavy (non-hydrogen) atoms. The van der Waals surface area contributed by atoms with Crippen molar-refractivity contribution >= 4 is 15.9 Å². The topological polar surface area (TPSA) is 42.4 Å². The summed E-state index contributed by atoms with van der Waals surface area (Å²) in [6, 6.07) is 8.93. The van der Waals surface area contributed by atoms with Crippen molar-refractivity contribution in [3.63, 3.8) is 0 Å². The standard InChI is InChI=1S/C13H11BrFNO2/c14-11-3-1-9(2-4-11)8-18-13-12(15)10(7-17)5-6-16-13/h1-6,17H,7-8H2. The van der Waals surface area contributed by atoms with E-state index in [2.05, 4.69) is 20.9 Å². The van der Waals surface area contributed by atoms with Crippen molar-refractivity contribution < 1.29 is 14.2 Å². The lowest BCUT2D eigenvalue weighted by molar-refractivity contribution is 0.256. The molecule has 0 spiro atoms. The molecule has 0 unspecified atom stereocenters. The van der Waals surface area contributed by atoms with Crippen LogP contribution in [0.5, 0.6) is 5.88 Å². The molecule has 0 atom stereocenters. The Morgan fingerprint density at radius 2 is 1.94 bits per heavy atom. The minimum absolute atomic E-state index is 0.0931. The number of hydrogen-bond acceptors (Lipinski definition) is 3. The molecule has 1 aromatic heterocycles. The van der Waals surface area contributed by atoms with Gasteiger partial charge in [-0.3, -0.25) is 0 Å². The third-order valence-electron chi connectivity index (χ3n) is 2.40. The van der Waals surface area contributed by atoms with E-state index in [4.69, 9.17) is 9.84 Å². The lowest BCUT2D eigenvalue weighted by atomic mass is 10.2. The Bertz CT molecular complexity index is 531. The molecule has 0 saturated heterocycles. The van der Waals surface area contributed by atoms with Crippen molar-refractivity contribution in [1.82, 2.24) is 4.98 Å². The highest BCUT2D eigenvalue weighted by Crippen LogP contribution is 2.19. The number of benzene rings is 1. The van der Waals surface area contributed by atoms with Crippen LogP contribution >= 0.6 is 15.9 Å². The zero-order chi connectivity index (χ0) is 13.0. The second kappa shape index (κ2) is 5.93. The van der Waals surface area contributed by atoms with Gasteiger partial charge in [-0.1, -0.05) is 28.1 Å². The maximum Gasteiger partial charge on any atom is 0.251 e. The summed E-state index contributed by atoms with van der Waals surface area (Å²) in [5, 5.41) is 8.93. The predicted octanol–water partition coefficient (Wildman–Crippen LogP) is 3.05. The van der Waals surface area contributed by atoms with Gasteiger partial charge in [0.2, 0.25) is 0 Å². The summed E-state index contributed by atoms with van der Waals surface area (Å²) in [7, 11) is 0. The van der Waals surface area contributed by atoms with E-state index in [1.165, 1.54) is 12.3 Å². The fourth-order valence-corrected chi connectivity index (χ4v) is 1.68. The highest BCUT2D eigenvalue weighted by atomic mass is 79.9. The van der Waals surface area contributed by atoms with E-state index in [1.54, 1.807) is 0 Å². The Hall–Kier alpha value is -1.46. The average molecular weight is 312 g/mol. The molecule has 3 nitrogen and oxygen atoms in total. The lowest BCUT2D eigenvalue weighted by Gasteiger charge is -2.08. The molecule has 1 aromatic carbocycles. The maximum atomic E-state index is 13.7. The number of nitrogens with zero attached hydrogens (tertiary/aromatic N) is 1. The van der Waals surface area contributed by atoms with Gasteiger partial charge in [0.15, 0.2) is 5.82 Å². The van der Waals surface area contributed by atoms with Crippen molar-refractivity contribution in [2.45, 2.75) is 13.2 Å². The van der Waals surface area contributed by atoms with Gasteiger partial charge in [0.25, 0.3) is 5.88 Å². The Balaban J connectivity index is 2.08. The molecule has 0 fully saturated rings. The summed E-state index contributed by atoms with van der Waals surface area (Å²) in [5.74, 6) is -0.707. The van der Waals surface area contributed by atoms with Crippen molar-refractivity contribution in [2.75, 3.05) is 0 Å². The summed E-state index contributed by atoms with van der Waals surface area (Å²) in [5.41, 5.74) is 1.09. The lowest BCUT2D eigenvalue weighted by Crippen LogP contribution is -2.02. The highest BCUT2D eigenvalue weighted by molar-refractivity contribution is 9.10. The highest BCUT2D eigenvalue weighted by Gasteiger charge is 2.09. The molecule has 0 saturated carbocycles. The van der Waals surface area contributed by atoms with Gasteiger partial charge in [0.1, 0.15) is 6.61 Å². The van der Waals surface area contributed by atoms with Crippen LogP contribution < -0.4 is 4.74 Å². The van der Waals surface area contributed by atoms with E-state index in [1.807, 2.05) is 24.3 Å². The number of hydrogen-bond donors (Lipinski definition) is 1. The molecule has 2 aromatic rings. The average Bonchev–Trinajstić information content (AvgIpc) is 2.39. The molecule has 0 bridgehead atoms. The Morgan fingerprint density at radius 1 is 1.22 bits per heavy atom. The monoisotopic (exact) mass is 311 g/mol. The predicted molar refractivity (Wildman–Crippen MR) is 68.6 cm³/mol. The fraction of sp³-hybridized carbons (Fsp3) is 0.154. The molecule has 0 aliphatic rings. The normalized spacial score (nSPS) is 10.4. The molecule has 0 aliphatic carbocycles. The van der Waals surface area contributed by atoms with Crippen LogP contribution in [0.4, 0.5) is 4.39 Å².